The molecule has 13 heteroatoms. The zero-order valence-electron chi connectivity index (χ0n) is 19.1. The Morgan fingerprint density at radius 1 is 1.10 bits per heavy atom. The van der Waals surface area contributed by atoms with Crippen LogP contribution < -0.4 is 32.7 Å². The molecule has 0 fully saturated rings. The van der Waals surface area contributed by atoms with E-state index < -0.39 is 35.1 Å². The summed E-state index contributed by atoms with van der Waals surface area (Å²) in [5.41, 5.74) is 9.86. The molecule has 1 aromatic heterocycles. The van der Waals surface area contributed by atoms with Gasteiger partial charge in [0.1, 0.15) is 11.5 Å². The van der Waals surface area contributed by atoms with E-state index in [4.69, 9.17) is 20.9 Å². The van der Waals surface area contributed by atoms with Crippen LogP contribution in [0.4, 0.5) is 25.9 Å². The highest BCUT2D eigenvalue weighted by molar-refractivity contribution is 5.91. The Bertz CT molecular complexity index is 796. The molecular weight excluding hydrogens is 408 g/mol. The number of ether oxygens (including phenoxy) is 2. The van der Waals surface area contributed by atoms with E-state index in [1.54, 1.807) is 48.6 Å². The fourth-order valence-electron chi connectivity index (χ4n) is 2.38. The maximum absolute atomic E-state index is 12.4. The van der Waals surface area contributed by atoms with Crippen molar-refractivity contribution < 1.29 is 23.9 Å². The number of aryl methyl sites for hydroxylation is 1. The van der Waals surface area contributed by atoms with Gasteiger partial charge in [0.15, 0.2) is 0 Å². The maximum Gasteiger partial charge on any atom is 0.411 e. The number of rotatable bonds is 7. The molecule has 0 spiro atoms. The third-order valence-electron chi connectivity index (χ3n) is 3.95. The number of aromatic nitrogens is 2. The van der Waals surface area contributed by atoms with Crippen molar-refractivity contribution >= 4 is 29.7 Å². The Morgan fingerprint density at radius 3 is 2.16 bits per heavy atom. The molecule has 0 aliphatic heterocycles. The highest BCUT2D eigenvalue weighted by Crippen LogP contribution is 2.33. The quantitative estimate of drug-likeness (QED) is 0.267. The van der Waals surface area contributed by atoms with E-state index in [9.17, 15) is 14.4 Å². The van der Waals surface area contributed by atoms with Gasteiger partial charge in [0.25, 0.3) is 0 Å². The predicted molar refractivity (Wildman–Crippen MR) is 115 cm³/mol. The van der Waals surface area contributed by atoms with Crippen LogP contribution in [0.3, 0.4) is 0 Å². The third-order valence-corrected chi connectivity index (χ3v) is 3.95. The number of nitrogens with one attached hydrogen (secondary N) is 4. The van der Waals surface area contributed by atoms with Gasteiger partial charge in [0.2, 0.25) is 0 Å². The fourth-order valence-corrected chi connectivity index (χ4v) is 2.38. The van der Waals surface area contributed by atoms with E-state index in [2.05, 4.69) is 26.4 Å². The molecule has 31 heavy (non-hydrogen) atoms. The maximum atomic E-state index is 12.4. The summed E-state index contributed by atoms with van der Waals surface area (Å²) in [5, 5.41) is 14.6. The van der Waals surface area contributed by atoms with E-state index >= 15 is 0 Å². The van der Waals surface area contributed by atoms with E-state index in [1.807, 2.05) is 0 Å². The summed E-state index contributed by atoms with van der Waals surface area (Å²) >= 11 is 0. The first-order valence-corrected chi connectivity index (χ1v) is 9.63. The molecule has 0 saturated heterocycles. The average molecular weight is 443 g/mol. The molecule has 4 amide bonds. The number of alkyl carbamates (subject to hydrolysis) is 1. The monoisotopic (exact) mass is 442 g/mol. The molecule has 0 bridgehead atoms. The zero-order chi connectivity index (χ0) is 24.0. The van der Waals surface area contributed by atoms with Gasteiger partial charge in [-0.2, -0.15) is 5.10 Å². The summed E-state index contributed by atoms with van der Waals surface area (Å²) in [6, 6.07) is -0.523. The lowest BCUT2D eigenvalue weighted by atomic mass is 9.90. The van der Waals surface area contributed by atoms with Crippen LogP contribution in [-0.4, -0.2) is 52.5 Å². The Kier molecular flexibility index (Phi) is 8.10. The van der Waals surface area contributed by atoms with E-state index in [0.717, 1.165) is 0 Å². The van der Waals surface area contributed by atoms with Gasteiger partial charge in [-0.05, 0) is 20.8 Å². The molecule has 0 aliphatic carbocycles. The third kappa shape index (κ3) is 7.85. The number of nitrogens with two attached hydrogens (primary N) is 2. The van der Waals surface area contributed by atoms with Crippen molar-refractivity contribution in [1.82, 2.24) is 25.7 Å². The molecule has 1 atom stereocenters. The van der Waals surface area contributed by atoms with Crippen molar-refractivity contribution in [2.24, 2.45) is 18.2 Å². The minimum atomic E-state index is -1.89. The number of nitrogens with zero attached hydrogens (tertiary/aromatic N) is 2. The first-order chi connectivity index (χ1) is 14.1. The van der Waals surface area contributed by atoms with Gasteiger partial charge in [-0.15, -0.1) is 0 Å². The van der Waals surface area contributed by atoms with E-state index in [-0.39, 0.29) is 13.1 Å². The first kappa shape index (κ1) is 25.8. The molecular formula is C18H34N8O5. The summed E-state index contributed by atoms with van der Waals surface area (Å²) in [6.45, 7) is 10.6. The number of carbonyl (C=O) groups excluding carboxylic acids is 3. The molecule has 8 N–H and O–H groups in total. The second-order valence-electron chi connectivity index (χ2n) is 8.93. The van der Waals surface area contributed by atoms with E-state index in [0.29, 0.717) is 11.5 Å². The van der Waals surface area contributed by atoms with E-state index in [1.165, 1.54) is 10.9 Å². The molecule has 1 rings (SSSR count). The second kappa shape index (κ2) is 9.73. The van der Waals surface area contributed by atoms with Crippen molar-refractivity contribution in [3.8, 4) is 0 Å². The molecule has 1 heterocycles. The lowest BCUT2D eigenvalue weighted by Crippen LogP contribution is -2.63. The van der Waals surface area contributed by atoms with Gasteiger partial charge in [-0.25, -0.2) is 19.7 Å². The minimum Gasteiger partial charge on any atom is -0.392 e. The van der Waals surface area contributed by atoms with Gasteiger partial charge >= 0.3 is 24.1 Å². The van der Waals surface area contributed by atoms with Crippen LogP contribution in [0.5, 0.6) is 0 Å². The number of hydrogen-bond donors (Lipinski definition) is 6. The van der Waals surface area contributed by atoms with Crippen LogP contribution in [0.2, 0.25) is 0 Å². The topological polar surface area (TPSA) is 188 Å². The summed E-state index contributed by atoms with van der Waals surface area (Å²) in [4.78, 5) is 36.0. The Hall–Kier alpha value is -3.22. The number of urea groups is 1. The molecule has 0 aliphatic rings. The van der Waals surface area contributed by atoms with Crippen LogP contribution in [0, 0.1) is 5.41 Å². The highest BCUT2D eigenvalue weighted by atomic mass is 16.8. The molecule has 0 radical (unpaired) electrons. The van der Waals surface area contributed by atoms with Gasteiger partial charge in [-0.1, -0.05) is 20.8 Å². The van der Waals surface area contributed by atoms with Crippen LogP contribution in [0.1, 0.15) is 41.5 Å². The van der Waals surface area contributed by atoms with Crippen molar-refractivity contribution in [3.63, 3.8) is 0 Å². The SMILES string of the molecule is Cn1ncc(NC(=O)NCCNC(OC(N)=O)(OC(=O)NC(C)(C)C)C(C)(C)C)c1N. The summed E-state index contributed by atoms with van der Waals surface area (Å²) in [5.74, 6) is -1.59. The molecule has 176 valence electrons. The summed E-state index contributed by atoms with van der Waals surface area (Å²) in [7, 11) is 1.64. The molecule has 13 nitrogen and oxygen atoms in total. The van der Waals surface area contributed by atoms with Gasteiger partial charge in [-0.3, -0.25) is 4.68 Å². The predicted octanol–water partition coefficient (Wildman–Crippen LogP) is 1.03. The van der Waals surface area contributed by atoms with Crippen molar-refractivity contribution in [3.05, 3.63) is 6.20 Å². The van der Waals surface area contributed by atoms with Crippen LogP contribution in [-0.2, 0) is 16.5 Å². The average Bonchev–Trinajstić information content (AvgIpc) is 2.87. The van der Waals surface area contributed by atoms with Gasteiger partial charge < -0.3 is 36.9 Å². The standard InChI is InChI=1S/C18H34N8O5/c1-16(2,3)18(30-13(20)27,31-15(29)25-17(4,5)6)22-9-8-21-14(28)24-11-10-23-26(7)12(11)19/h10,22H,8-9,19H2,1-7H3,(H2,20,27)(H,25,29)(H2,21,24,28). The van der Waals surface area contributed by atoms with Crippen LogP contribution in [0.25, 0.3) is 0 Å². The fraction of sp³-hybridized carbons (Fsp3) is 0.667. The number of hydrogen-bond acceptors (Lipinski definition) is 8. The normalized spacial score (nSPS) is 13.6. The van der Waals surface area contributed by atoms with Gasteiger partial charge in [0.05, 0.1) is 11.6 Å². The molecule has 1 unspecified atom stereocenters. The number of primary amides is 1. The Morgan fingerprint density at radius 2 is 1.71 bits per heavy atom. The number of carbonyl (C=O) groups is 3. The molecule has 1 aromatic rings. The molecule has 0 aromatic carbocycles. The number of nitrogen functional groups attached to an aromatic ring is 1. The number of amides is 4. The van der Waals surface area contributed by atoms with Crippen LogP contribution >= 0.6 is 0 Å². The lowest BCUT2D eigenvalue weighted by molar-refractivity contribution is -0.243. The Balaban J connectivity index is 2.80. The summed E-state index contributed by atoms with van der Waals surface area (Å²) < 4.78 is 12.1. The van der Waals surface area contributed by atoms with Gasteiger partial charge in [0, 0.05) is 25.7 Å². The minimum absolute atomic E-state index is 0.0727. The molecule has 0 saturated carbocycles. The smallest absolute Gasteiger partial charge is 0.392 e. The highest BCUT2D eigenvalue weighted by Gasteiger charge is 2.50. The lowest BCUT2D eigenvalue weighted by Gasteiger charge is -2.42. The Labute approximate surface area is 181 Å². The first-order valence-electron chi connectivity index (χ1n) is 9.63. The van der Waals surface area contributed by atoms with Crippen molar-refractivity contribution in [2.75, 3.05) is 24.1 Å². The number of anilines is 2. The van der Waals surface area contributed by atoms with Crippen LogP contribution in [0.15, 0.2) is 6.20 Å². The van der Waals surface area contributed by atoms with Crippen molar-refractivity contribution in [2.45, 2.75) is 53.0 Å². The summed E-state index contributed by atoms with van der Waals surface area (Å²) in [6.07, 6.45) is -0.530. The van der Waals surface area contributed by atoms with Crippen molar-refractivity contribution in [1.29, 1.82) is 0 Å². The zero-order valence-corrected chi connectivity index (χ0v) is 19.1. The largest absolute Gasteiger partial charge is 0.411 e. The second-order valence-corrected chi connectivity index (χ2v) is 8.93.